The quantitative estimate of drug-likeness (QED) is 0.417. The number of aromatic nitrogens is 2. The van der Waals surface area contributed by atoms with E-state index in [1.165, 1.54) is 38.3 Å². The van der Waals surface area contributed by atoms with Crippen LogP contribution >= 0.6 is 0 Å². The lowest BCUT2D eigenvalue weighted by molar-refractivity contribution is -0.139. The maximum Gasteiger partial charge on any atom is 0.325 e. The van der Waals surface area contributed by atoms with E-state index in [-0.39, 0.29) is 30.0 Å². The predicted octanol–water partition coefficient (Wildman–Crippen LogP) is 1.74. The Bertz CT molecular complexity index is 1300. The summed E-state index contributed by atoms with van der Waals surface area (Å²) < 4.78 is 16.4. The molecule has 0 aliphatic rings. The third kappa shape index (κ3) is 6.34. The Hall–Kier alpha value is -4.41. The lowest BCUT2D eigenvalue weighted by Crippen LogP contribution is -2.30. The molecule has 11 nitrogen and oxygen atoms in total. The minimum absolute atomic E-state index is 0.148. The van der Waals surface area contributed by atoms with Gasteiger partial charge in [0.15, 0.2) is 11.5 Å². The van der Waals surface area contributed by atoms with Crippen LogP contribution in [0.25, 0.3) is 10.9 Å². The second kappa shape index (κ2) is 11.6. The Kier molecular flexibility index (Phi) is 8.38. The minimum atomic E-state index is -0.567. The van der Waals surface area contributed by atoms with Crippen molar-refractivity contribution in [2.24, 2.45) is 0 Å². The number of aryl methyl sites for hydroxylation is 1. The van der Waals surface area contributed by atoms with E-state index in [4.69, 9.17) is 9.47 Å². The number of ether oxygens (including phenoxy) is 3. The van der Waals surface area contributed by atoms with Crippen LogP contribution in [-0.2, 0) is 20.9 Å². The van der Waals surface area contributed by atoms with Gasteiger partial charge < -0.3 is 24.8 Å². The van der Waals surface area contributed by atoms with Gasteiger partial charge in [0.25, 0.3) is 11.5 Å². The molecule has 0 saturated heterocycles. The van der Waals surface area contributed by atoms with Crippen LogP contribution in [0.1, 0.15) is 23.2 Å². The number of amides is 2. The number of fused-ring (bicyclic) bond motifs is 1. The van der Waals surface area contributed by atoms with Crippen LogP contribution < -0.4 is 25.7 Å². The zero-order valence-electron chi connectivity index (χ0n) is 19.6. The van der Waals surface area contributed by atoms with Crippen LogP contribution in [0.2, 0.25) is 0 Å². The monoisotopic (exact) mass is 482 g/mol. The summed E-state index contributed by atoms with van der Waals surface area (Å²) in [5.41, 5.74) is 0.957. The van der Waals surface area contributed by atoms with Gasteiger partial charge in [-0.3, -0.25) is 23.7 Å². The number of rotatable bonds is 10. The van der Waals surface area contributed by atoms with E-state index in [0.717, 1.165) is 0 Å². The molecule has 3 rings (SSSR count). The standard InChI is InChI=1S/C24H26N4O7/c1-33-19-11-17-18(12-20(19)34-2)26-14-28(24(17)32)9-5-8-21(29)27-16-7-4-6-15(10-16)23(31)25-13-22(30)35-3/h4,6-7,10-12,14H,5,8-9,13H2,1-3H3,(H,25,31)(H,27,29). The fourth-order valence-electron chi connectivity index (χ4n) is 3.34. The number of carbonyl (C=O) groups excluding carboxylic acids is 3. The summed E-state index contributed by atoms with van der Waals surface area (Å²) in [7, 11) is 4.22. The fourth-order valence-corrected chi connectivity index (χ4v) is 3.34. The first-order valence-corrected chi connectivity index (χ1v) is 10.7. The number of hydrogen-bond acceptors (Lipinski definition) is 8. The van der Waals surface area contributed by atoms with E-state index < -0.39 is 11.9 Å². The Balaban J connectivity index is 1.59. The molecule has 2 amide bonds. The van der Waals surface area contributed by atoms with E-state index in [0.29, 0.717) is 41.1 Å². The van der Waals surface area contributed by atoms with E-state index in [1.54, 1.807) is 30.3 Å². The number of nitrogens with zero attached hydrogens (tertiary/aromatic N) is 2. The number of hydrogen-bond donors (Lipinski definition) is 2. The predicted molar refractivity (Wildman–Crippen MR) is 128 cm³/mol. The molecule has 184 valence electrons. The molecule has 0 saturated carbocycles. The normalized spacial score (nSPS) is 10.5. The minimum Gasteiger partial charge on any atom is -0.493 e. The molecule has 0 spiro atoms. The van der Waals surface area contributed by atoms with Crippen molar-refractivity contribution in [2.45, 2.75) is 19.4 Å². The molecule has 0 radical (unpaired) electrons. The molecule has 1 aromatic heterocycles. The Morgan fingerprint density at radius 1 is 1.03 bits per heavy atom. The number of esters is 1. The van der Waals surface area contributed by atoms with Crippen molar-refractivity contribution < 1.29 is 28.6 Å². The van der Waals surface area contributed by atoms with Crippen molar-refractivity contribution in [2.75, 3.05) is 33.2 Å². The van der Waals surface area contributed by atoms with Crippen molar-refractivity contribution in [3.05, 3.63) is 58.6 Å². The molecule has 11 heteroatoms. The molecule has 3 aromatic rings. The van der Waals surface area contributed by atoms with Crippen LogP contribution in [0.4, 0.5) is 5.69 Å². The summed E-state index contributed by atoms with van der Waals surface area (Å²) in [6.45, 7) is 0.0365. The van der Waals surface area contributed by atoms with Crippen molar-refractivity contribution >= 4 is 34.4 Å². The van der Waals surface area contributed by atoms with Crippen LogP contribution in [0, 0.1) is 0 Å². The number of carbonyl (C=O) groups is 3. The second-order valence-corrected chi connectivity index (χ2v) is 7.46. The lowest BCUT2D eigenvalue weighted by atomic mass is 10.2. The number of nitrogens with one attached hydrogen (secondary N) is 2. The highest BCUT2D eigenvalue weighted by Crippen LogP contribution is 2.29. The van der Waals surface area contributed by atoms with E-state index in [2.05, 4.69) is 20.4 Å². The Morgan fingerprint density at radius 3 is 2.49 bits per heavy atom. The Morgan fingerprint density at radius 2 is 1.77 bits per heavy atom. The van der Waals surface area contributed by atoms with Crippen LogP contribution in [-0.4, -0.2) is 55.2 Å². The van der Waals surface area contributed by atoms with Crippen molar-refractivity contribution in [1.82, 2.24) is 14.9 Å². The molecule has 0 atom stereocenters. The van der Waals surface area contributed by atoms with Gasteiger partial charge in [0.1, 0.15) is 6.54 Å². The van der Waals surface area contributed by atoms with Crippen LogP contribution in [0.3, 0.4) is 0 Å². The average molecular weight is 482 g/mol. The number of anilines is 1. The van der Waals surface area contributed by atoms with Crippen molar-refractivity contribution in [1.29, 1.82) is 0 Å². The summed E-state index contributed by atoms with van der Waals surface area (Å²) in [6, 6.07) is 9.55. The SMILES string of the molecule is COC(=O)CNC(=O)c1cccc(NC(=O)CCCn2cnc3cc(OC)c(OC)cc3c2=O)c1. The summed E-state index contributed by atoms with van der Waals surface area (Å²) >= 11 is 0. The zero-order valence-corrected chi connectivity index (χ0v) is 19.6. The summed E-state index contributed by atoms with van der Waals surface area (Å²) in [6.07, 6.45) is 1.98. The van der Waals surface area contributed by atoms with E-state index in [9.17, 15) is 19.2 Å². The number of methoxy groups -OCH3 is 3. The maximum atomic E-state index is 12.8. The molecular formula is C24H26N4O7. The molecule has 1 heterocycles. The van der Waals surface area contributed by atoms with Gasteiger partial charge in [0.2, 0.25) is 5.91 Å². The van der Waals surface area contributed by atoms with Gasteiger partial charge in [0, 0.05) is 30.3 Å². The van der Waals surface area contributed by atoms with Gasteiger partial charge in [-0.1, -0.05) is 6.07 Å². The third-order valence-electron chi connectivity index (χ3n) is 5.16. The molecule has 0 unspecified atom stereocenters. The highest BCUT2D eigenvalue weighted by molar-refractivity contribution is 5.98. The molecule has 0 aliphatic heterocycles. The van der Waals surface area contributed by atoms with Crippen LogP contribution in [0.5, 0.6) is 11.5 Å². The third-order valence-corrected chi connectivity index (χ3v) is 5.16. The van der Waals surface area contributed by atoms with Gasteiger partial charge in [-0.2, -0.15) is 0 Å². The van der Waals surface area contributed by atoms with Gasteiger partial charge in [-0.15, -0.1) is 0 Å². The highest BCUT2D eigenvalue weighted by Gasteiger charge is 2.12. The molecule has 2 aromatic carbocycles. The highest BCUT2D eigenvalue weighted by atomic mass is 16.5. The van der Waals surface area contributed by atoms with Crippen molar-refractivity contribution in [3.8, 4) is 11.5 Å². The van der Waals surface area contributed by atoms with Gasteiger partial charge >= 0.3 is 5.97 Å². The summed E-state index contributed by atoms with van der Waals surface area (Å²) in [4.78, 5) is 52.9. The molecule has 0 aliphatic carbocycles. The summed E-state index contributed by atoms with van der Waals surface area (Å²) in [5.74, 6) is -0.403. The first kappa shape index (κ1) is 25.2. The van der Waals surface area contributed by atoms with Crippen LogP contribution in [0.15, 0.2) is 47.5 Å². The topological polar surface area (TPSA) is 138 Å². The lowest BCUT2D eigenvalue weighted by Gasteiger charge is -2.11. The average Bonchev–Trinajstić information content (AvgIpc) is 2.87. The first-order valence-electron chi connectivity index (χ1n) is 10.7. The second-order valence-electron chi connectivity index (χ2n) is 7.46. The largest absolute Gasteiger partial charge is 0.493 e. The molecule has 0 bridgehead atoms. The molecule has 0 fully saturated rings. The van der Waals surface area contributed by atoms with Gasteiger partial charge in [-0.25, -0.2) is 4.98 Å². The molecular weight excluding hydrogens is 456 g/mol. The van der Waals surface area contributed by atoms with Crippen molar-refractivity contribution in [3.63, 3.8) is 0 Å². The Labute approximate surface area is 201 Å². The zero-order chi connectivity index (χ0) is 25.4. The first-order chi connectivity index (χ1) is 16.9. The van der Waals surface area contributed by atoms with Gasteiger partial charge in [0.05, 0.1) is 38.6 Å². The number of benzene rings is 2. The fraction of sp³-hybridized carbons (Fsp3) is 0.292. The van der Waals surface area contributed by atoms with E-state index >= 15 is 0 Å². The molecule has 35 heavy (non-hydrogen) atoms. The maximum absolute atomic E-state index is 12.8. The summed E-state index contributed by atoms with van der Waals surface area (Å²) in [5, 5.41) is 5.55. The smallest absolute Gasteiger partial charge is 0.325 e. The van der Waals surface area contributed by atoms with Gasteiger partial charge in [-0.05, 0) is 30.7 Å². The van der Waals surface area contributed by atoms with E-state index in [1.807, 2.05) is 0 Å². The molecule has 2 N–H and O–H groups in total.